The Bertz CT molecular complexity index is 513. The van der Waals surface area contributed by atoms with Gasteiger partial charge >= 0.3 is 0 Å². The number of aliphatic hydroxyl groups excluding tert-OH is 1. The first-order valence-corrected chi connectivity index (χ1v) is 5.99. The van der Waals surface area contributed by atoms with Gasteiger partial charge < -0.3 is 9.84 Å². The van der Waals surface area contributed by atoms with Crippen LogP contribution in [-0.2, 0) is 13.2 Å². The predicted molar refractivity (Wildman–Crippen MR) is 63.5 cm³/mol. The fourth-order valence-electron chi connectivity index (χ4n) is 1.41. The number of nitrogens with zero attached hydrogens (tertiary/aromatic N) is 1. The summed E-state index contributed by atoms with van der Waals surface area (Å²) in [7, 11) is 0. The van der Waals surface area contributed by atoms with Gasteiger partial charge in [-0.1, -0.05) is 0 Å². The number of halogens is 1. The number of hydrogen-bond acceptors (Lipinski definition) is 4. The van der Waals surface area contributed by atoms with Crippen LogP contribution in [-0.4, -0.2) is 10.1 Å². The second kappa shape index (κ2) is 5.25. The number of hydrogen-bond donors (Lipinski definition) is 1. The van der Waals surface area contributed by atoms with Crippen LogP contribution in [0, 0.1) is 12.7 Å². The average Bonchev–Trinajstić information content (AvgIpc) is 2.72. The molecule has 0 bridgehead atoms. The second-order valence-electron chi connectivity index (χ2n) is 3.62. The number of benzene rings is 1. The molecule has 0 aliphatic heterocycles. The fourth-order valence-corrected chi connectivity index (χ4v) is 2.09. The van der Waals surface area contributed by atoms with Gasteiger partial charge in [-0.3, -0.25) is 0 Å². The van der Waals surface area contributed by atoms with Crippen LogP contribution in [0.1, 0.15) is 16.3 Å². The molecule has 0 aliphatic rings. The summed E-state index contributed by atoms with van der Waals surface area (Å²) >= 11 is 1.50. The van der Waals surface area contributed by atoms with Gasteiger partial charge in [-0.2, -0.15) is 0 Å². The maximum Gasteiger partial charge on any atom is 0.140 e. The van der Waals surface area contributed by atoms with Crippen LogP contribution in [0.25, 0.3) is 0 Å². The molecule has 0 amide bonds. The molecule has 2 aromatic rings. The Morgan fingerprint density at radius 3 is 2.88 bits per heavy atom. The van der Waals surface area contributed by atoms with E-state index in [9.17, 15) is 4.39 Å². The van der Waals surface area contributed by atoms with Crippen molar-refractivity contribution in [1.29, 1.82) is 0 Å². The van der Waals surface area contributed by atoms with E-state index >= 15 is 0 Å². The number of thiazole rings is 1. The van der Waals surface area contributed by atoms with Gasteiger partial charge in [-0.05, 0) is 24.6 Å². The topological polar surface area (TPSA) is 42.4 Å². The Hall–Kier alpha value is -1.46. The van der Waals surface area contributed by atoms with Gasteiger partial charge in [-0.25, -0.2) is 9.37 Å². The lowest BCUT2D eigenvalue weighted by Crippen LogP contribution is -1.96. The van der Waals surface area contributed by atoms with Crippen LogP contribution < -0.4 is 4.74 Å². The van der Waals surface area contributed by atoms with E-state index < -0.39 is 5.82 Å². The highest BCUT2D eigenvalue weighted by Gasteiger charge is 2.03. The van der Waals surface area contributed by atoms with Crippen molar-refractivity contribution < 1.29 is 14.2 Å². The van der Waals surface area contributed by atoms with Crippen molar-refractivity contribution in [2.45, 2.75) is 20.1 Å². The minimum atomic E-state index is -0.415. The zero-order valence-electron chi connectivity index (χ0n) is 9.31. The maximum absolute atomic E-state index is 13.1. The van der Waals surface area contributed by atoms with E-state index in [0.717, 1.165) is 10.7 Å². The van der Waals surface area contributed by atoms with Crippen molar-refractivity contribution in [2.24, 2.45) is 0 Å². The Balaban J connectivity index is 2.05. The molecule has 1 aromatic carbocycles. The molecule has 1 heterocycles. The molecule has 3 nitrogen and oxygen atoms in total. The molecule has 0 atom stereocenters. The highest BCUT2D eigenvalue weighted by molar-refractivity contribution is 7.09. The number of rotatable bonds is 4. The quantitative estimate of drug-likeness (QED) is 0.910. The lowest BCUT2D eigenvalue weighted by atomic mass is 10.2. The van der Waals surface area contributed by atoms with Crippen molar-refractivity contribution in [3.8, 4) is 5.75 Å². The molecule has 0 spiro atoms. The van der Waals surface area contributed by atoms with Gasteiger partial charge in [0.2, 0.25) is 0 Å². The standard InChI is InChI=1S/C12H12FNO2S/c1-8-7-17-12(14-8)6-16-11-3-9(5-15)2-10(13)4-11/h2-4,7,15H,5-6H2,1H3. The van der Waals surface area contributed by atoms with E-state index in [4.69, 9.17) is 9.84 Å². The SMILES string of the molecule is Cc1csc(COc2cc(F)cc(CO)c2)n1. The van der Waals surface area contributed by atoms with Crippen molar-refractivity contribution in [2.75, 3.05) is 0 Å². The molecule has 0 saturated carbocycles. The summed E-state index contributed by atoms with van der Waals surface area (Å²) in [6, 6.07) is 4.18. The molecule has 2 rings (SSSR count). The summed E-state index contributed by atoms with van der Waals surface area (Å²) in [5, 5.41) is 11.7. The van der Waals surface area contributed by atoms with Crippen LogP contribution >= 0.6 is 11.3 Å². The van der Waals surface area contributed by atoms with Gasteiger partial charge in [0.15, 0.2) is 0 Å². The summed E-state index contributed by atoms with van der Waals surface area (Å²) in [6.07, 6.45) is 0. The van der Waals surface area contributed by atoms with Crippen LogP contribution in [0.2, 0.25) is 0 Å². The maximum atomic E-state index is 13.1. The first kappa shape index (κ1) is 12.0. The van der Waals surface area contributed by atoms with E-state index in [-0.39, 0.29) is 6.61 Å². The van der Waals surface area contributed by atoms with Gasteiger partial charge in [0.1, 0.15) is 23.2 Å². The van der Waals surface area contributed by atoms with Crippen molar-refractivity contribution in [3.05, 3.63) is 45.7 Å². The summed E-state index contributed by atoms with van der Waals surface area (Å²) < 4.78 is 18.6. The van der Waals surface area contributed by atoms with Crippen LogP contribution in [0.4, 0.5) is 4.39 Å². The number of aliphatic hydroxyl groups is 1. The third-order valence-electron chi connectivity index (χ3n) is 2.14. The summed E-state index contributed by atoms with van der Waals surface area (Å²) in [6.45, 7) is 2.02. The molecule has 17 heavy (non-hydrogen) atoms. The van der Waals surface area contributed by atoms with E-state index in [1.54, 1.807) is 6.07 Å². The normalized spacial score (nSPS) is 10.5. The molecule has 1 aromatic heterocycles. The van der Waals surface area contributed by atoms with Gasteiger partial charge in [-0.15, -0.1) is 11.3 Å². The third-order valence-corrected chi connectivity index (χ3v) is 3.08. The van der Waals surface area contributed by atoms with Crippen molar-refractivity contribution in [1.82, 2.24) is 4.98 Å². The van der Waals surface area contributed by atoms with E-state index in [2.05, 4.69) is 4.98 Å². The van der Waals surface area contributed by atoms with Crippen LogP contribution in [0.5, 0.6) is 5.75 Å². The highest BCUT2D eigenvalue weighted by atomic mass is 32.1. The van der Waals surface area contributed by atoms with Crippen LogP contribution in [0.15, 0.2) is 23.6 Å². The smallest absolute Gasteiger partial charge is 0.140 e. The summed E-state index contributed by atoms with van der Waals surface area (Å²) in [5.74, 6) is -0.0104. The minimum absolute atomic E-state index is 0.204. The number of ether oxygens (including phenoxy) is 1. The molecule has 0 fully saturated rings. The number of aryl methyl sites for hydroxylation is 1. The molecule has 0 saturated heterocycles. The van der Waals surface area contributed by atoms with Gasteiger partial charge in [0.05, 0.1) is 6.61 Å². The molecule has 0 unspecified atom stereocenters. The fraction of sp³-hybridized carbons (Fsp3) is 0.250. The van der Waals surface area contributed by atoms with Crippen molar-refractivity contribution >= 4 is 11.3 Å². The molecular weight excluding hydrogens is 241 g/mol. The molecule has 90 valence electrons. The Morgan fingerprint density at radius 1 is 1.41 bits per heavy atom. The molecule has 0 radical (unpaired) electrons. The predicted octanol–water partition coefficient (Wildman–Crippen LogP) is 2.66. The van der Waals surface area contributed by atoms with Crippen molar-refractivity contribution in [3.63, 3.8) is 0 Å². The lowest BCUT2D eigenvalue weighted by molar-refractivity contribution is 0.276. The first-order valence-electron chi connectivity index (χ1n) is 5.11. The Labute approximate surface area is 103 Å². The Kier molecular flexibility index (Phi) is 3.71. The van der Waals surface area contributed by atoms with Gasteiger partial charge in [0.25, 0.3) is 0 Å². The van der Waals surface area contributed by atoms with Crippen LogP contribution in [0.3, 0.4) is 0 Å². The largest absolute Gasteiger partial charge is 0.486 e. The molecule has 0 aliphatic carbocycles. The second-order valence-corrected chi connectivity index (χ2v) is 4.57. The highest BCUT2D eigenvalue weighted by Crippen LogP contribution is 2.19. The zero-order chi connectivity index (χ0) is 12.3. The monoisotopic (exact) mass is 253 g/mol. The van der Waals surface area contributed by atoms with Gasteiger partial charge in [0, 0.05) is 17.1 Å². The van der Waals surface area contributed by atoms with E-state index in [1.165, 1.54) is 23.5 Å². The molecule has 1 N–H and O–H groups in total. The average molecular weight is 253 g/mol. The zero-order valence-corrected chi connectivity index (χ0v) is 10.1. The molecule has 5 heteroatoms. The Morgan fingerprint density at radius 2 is 2.24 bits per heavy atom. The summed E-state index contributed by atoms with van der Waals surface area (Å²) in [5.41, 5.74) is 1.44. The van der Waals surface area contributed by atoms with E-state index in [0.29, 0.717) is 17.9 Å². The third kappa shape index (κ3) is 3.25. The first-order chi connectivity index (χ1) is 8.17. The minimum Gasteiger partial charge on any atom is -0.486 e. The molecular formula is C12H12FNO2S. The lowest BCUT2D eigenvalue weighted by Gasteiger charge is -2.06. The number of aromatic nitrogens is 1. The summed E-state index contributed by atoms with van der Waals surface area (Å²) in [4.78, 5) is 4.24. The van der Waals surface area contributed by atoms with E-state index in [1.807, 2.05) is 12.3 Å².